The lowest BCUT2D eigenvalue weighted by atomic mass is 10.5. The van der Waals surface area contributed by atoms with Gasteiger partial charge in [-0.1, -0.05) is 0 Å². The third-order valence-electron chi connectivity index (χ3n) is 1.01. The monoisotopic (exact) mass is 135 g/mol. The largest absolute Gasteiger partial charge is 0.286 e. The molecular formula is C4H9NO2S. The molecule has 1 unspecified atom stereocenters. The Labute approximate surface area is 51.2 Å². The Morgan fingerprint density at radius 2 is 2.50 bits per heavy atom. The summed E-state index contributed by atoms with van der Waals surface area (Å²) in [4.78, 5) is 4.95. The fraction of sp³-hybridized carbons (Fsp3) is 1.00. The fourth-order valence-corrected chi connectivity index (χ4v) is 1.24. The van der Waals surface area contributed by atoms with E-state index in [0.717, 1.165) is 19.6 Å². The van der Waals surface area contributed by atoms with Crippen LogP contribution >= 0.6 is 0 Å². The zero-order valence-electron chi connectivity index (χ0n) is 4.79. The van der Waals surface area contributed by atoms with Gasteiger partial charge in [0.2, 0.25) is 0 Å². The molecule has 0 bridgehead atoms. The predicted octanol–water partition coefficient (Wildman–Crippen LogP) is -0.0828. The molecule has 1 rings (SSSR count). The molecule has 0 spiro atoms. The summed E-state index contributed by atoms with van der Waals surface area (Å²) in [5, 5.41) is 0. The number of hydrogen-bond donors (Lipinski definition) is 0. The zero-order chi connectivity index (χ0) is 5.98. The molecule has 0 radical (unpaired) electrons. The number of rotatable bonds is 1. The van der Waals surface area contributed by atoms with Gasteiger partial charge < -0.3 is 0 Å². The van der Waals surface area contributed by atoms with Crippen LogP contribution in [-0.4, -0.2) is 28.1 Å². The number of hydroxylamine groups is 1. The van der Waals surface area contributed by atoms with E-state index in [1.807, 2.05) is 0 Å². The minimum absolute atomic E-state index is 0.722. The quantitative estimate of drug-likeness (QED) is 0.503. The van der Waals surface area contributed by atoms with Crippen LogP contribution in [0.15, 0.2) is 0 Å². The minimum Gasteiger partial charge on any atom is -0.286 e. The Kier molecular flexibility index (Phi) is 1.99. The summed E-state index contributed by atoms with van der Waals surface area (Å²) in [6, 6.07) is 0. The SMILES string of the molecule is CS(=O)N1CCCO1. The van der Waals surface area contributed by atoms with E-state index >= 15 is 0 Å². The first kappa shape index (κ1) is 6.19. The van der Waals surface area contributed by atoms with Gasteiger partial charge in [0, 0.05) is 12.8 Å². The third-order valence-corrected chi connectivity index (χ3v) is 1.87. The summed E-state index contributed by atoms with van der Waals surface area (Å²) in [6.45, 7) is 1.53. The Morgan fingerprint density at radius 3 is 2.75 bits per heavy atom. The molecule has 0 N–H and O–H groups in total. The Balaban J connectivity index is 2.35. The van der Waals surface area contributed by atoms with E-state index in [1.165, 1.54) is 4.47 Å². The van der Waals surface area contributed by atoms with E-state index < -0.39 is 11.0 Å². The molecule has 0 amide bonds. The van der Waals surface area contributed by atoms with Gasteiger partial charge in [0.25, 0.3) is 0 Å². The van der Waals surface area contributed by atoms with Gasteiger partial charge in [-0.25, -0.2) is 4.21 Å². The second kappa shape index (κ2) is 2.57. The van der Waals surface area contributed by atoms with E-state index in [2.05, 4.69) is 0 Å². The lowest BCUT2D eigenvalue weighted by Crippen LogP contribution is -2.18. The Hall–Kier alpha value is 0.0700. The highest BCUT2D eigenvalue weighted by atomic mass is 32.2. The average Bonchev–Trinajstić information content (AvgIpc) is 2.12. The molecule has 0 aromatic heterocycles. The molecule has 1 aliphatic rings. The molecule has 3 nitrogen and oxygen atoms in total. The van der Waals surface area contributed by atoms with Crippen molar-refractivity contribution in [1.82, 2.24) is 4.47 Å². The van der Waals surface area contributed by atoms with E-state index in [-0.39, 0.29) is 0 Å². The van der Waals surface area contributed by atoms with Crippen molar-refractivity contribution in [3.8, 4) is 0 Å². The molecular weight excluding hydrogens is 126 g/mol. The van der Waals surface area contributed by atoms with Gasteiger partial charge in [0.05, 0.1) is 6.61 Å². The highest BCUT2D eigenvalue weighted by Crippen LogP contribution is 2.04. The zero-order valence-corrected chi connectivity index (χ0v) is 5.61. The molecule has 1 atom stereocenters. The molecule has 1 saturated heterocycles. The minimum atomic E-state index is -0.930. The van der Waals surface area contributed by atoms with Crippen molar-refractivity contribution >= 4 is 11.0 Å². The standard InChI is InChI=1S/C4H9NO2S/c1-8(6)5-3-2-4-7-5/h2-4H2,1H3. The van der Waals surface area contributed by atoms with Gasteiger partial charge in [-0.2, -0.15) is 0 Å². The second-order valence-corrected chi connectivity index (χ2v) is 2.92. The molecule has 1 fully saturated rings. The number of nitrogens with zero attached hydrogens (tertiary/aromatic N) is 1. The summed E-state index contributed by atoms with van der Waals surface area (Å²) in [5.74, 6) is 0. The van der Waals surface area contributed by atoms with Gasteiger partial charge in [-0.05, 0) is 6.42 Å². The van der Waals surface area contributed by atoms with Crippen molar-refractivity contribution in [1.29, 1.82) is 0 Å². The van der Waals surface area contributed by atoms with Crippen molar-refractivity contribution in [3.05, 3.63) is 0 Å². The Morgan fingerprint density at radius 1 is 1.75 bits per heavy atom. The molecule has 1 heterocycles. The molecule has 8 heavy (non-hydrogen) atoms. The first-order valence-electron chi connectivity index (χ1n) is 2.54. The van der Waals surface area contributed by atoms with Gasteiger partial charge in [-0.3, -0.25) is 4.84 Å². The van der Waals surface area contributed by atoms with Crippen LogP contribution in [0, 0.1) is 0 Å². The molecule has 1 aliphatic heterocycles. The summed E-state index contributed by atoms with van der Waals surface area (Å²) in [7, 11) is -0.930. The molecule has 0 aliphatic carbocycles. The number of hydrogen-bond acceptors (Lipinski definition) is 2. The molecule has 48 valence electrons. The van der Waals surface area contributed by atoms with Crippen molar-refractivity contribution in [2.45, 2.75) is 6.42 Å². The highest BCUT2D eigenvalue weighted by molar-refractivity contribution is 7.81. The van der Waals surface area contributed by atoms with Gasteiger partial charge >= 0.3 is 0 Å². The van der Waals surface area contributed by atoms with Crippen molar-refractivity contribution in [2.24, 2.45) is 0 Å². The van der Waals surface area contributed by atoms with Gasteiger partial charge in [-0.15, -0.1) is 4.47 Å². The third kappa shape index (κ3) is 1.27. The van der Waals surface area contributed by atoms with Gasteiger partial charge in [0.1, 0.15) is 11.0 Å². The van der Waals surface area contributed by atoms with Crippen LogP contribution in [0.4, 0.5) is 0 Å². The van der Waals surface area contributed by atoms with E-state index in [0.29, 0.717) is 0 Å². The maximum atomic E-state index is 10.6. The fourth-order valence-electron chi connectivity index (χ4n) is 0.627. The predicted molar refractivity (Wildman–Crippen MR) is 31.3 cm³/mol. The average molecular weight is 135 g/mol. The second-order valence-electron chi connectivity index (χ2n) is 1.67. The van der Waals surface area contributed by atoms with E-state index in [4.69, 9.17) is 4.84 Å². The first-order chi connectivity index (χ1) is 3.80. The highest BCUT2D eigenvalue weighted by Gasteiger charge is 2.14. The van der Waals surface area contributed by atoms with Gasteiger partial charge in [0.15, 0.2) is 0 Å². The summed E-state index contributed by atoms with van der Waals surface area (Å²) in [5.41, 5.74) is 0. The summed E-state index contributed by atoms with van der Waals surface area (Å²) >= 11 is 0. The van der Waals surface area contributed by atoms with Crippen LogP contribution < -0.4 is 0 Å². The lowest BCUT2D eigenvalue weighted by molar-refractivity contribution is -0.0226. The maximum absolute atomic E-state index is 10.6. The van der Waals surface area contributed by atoms with Crippen LogP contribution in [0.5, 0.6) is 0 Å². The smallest absolute Gasteiger partial charge is 0.115 e. The summed E-state index contributed by atoms with van der Waals surface area (Å²) < 4.78 is 12.1. The topological polar surface area (TPSA) is 29.5 Å². The van der Waals surface area contributed by atoms with Crippen molar-refractivity contribution in [2.75, 3.05) is 19.4 Å². The maximum Gasteiger partial charge on any atom is 0.115 e. The van der Waals surface area contributed by atoms with Crippen LogP contribution in [0.25, 0.3) is 0 Å². The van der Waals surface area contributed by atoms with Crippen LogP contribution in [0.3, 0.4) is 0 Å². The molecule has 4 heteroatoms. The first-order valence-corrected chi connectivity index (χ1v) is 4.06. The molecule has 0 aromatic rings. The van der Waals surface area contributed by atoms with Crippen LogP contribution in [0.1, 0.15) is 6.42 Å². The summed E-state index contributed by atoms with van der Waals surface area (Å²) in [6.07, 6.45) is 2.62. The van der Waals surface area contributed by atoms with Crippen LogP contribution in [-0.2, 0) is 15.8 Å². The normalized spacial score (nSPS) is 26.1. The Bertz CT molecular complexity index is 100. The lowest BCUT2D eigenvalue weighted by Gasteiger charge is -2.06. The van der Waals surface area contributed by atoms with Crippen molar-refractivity contribution in [3.63, 3.8) is 0 Å². The van der Waals surface area contributed by atoms with E-state index in [9.17, 15) is 4.21 Å². The van der Waals surface area contributed by atoms with E-state index in [1.54, 1.807) is 6.26 Å². The van der Waals surface area contributed by atoms with Crippen molar-refractivity contribution < 1.29 is 9.05 Å². The molecule has 0 saturated carbocycles. The molecule has 0 aromatic carbocycles. The van der Waals surface area contributed by atoms with Crippen LogP contribution in [0.2, 0.25) is 0 Å².